The number of aliphatic hydroxyl groups excluding tert-OH is 1. The van der Waals surface area contributed by atoms with Gasteiger partial charge in [0.05, 0.1) is 10.4 Å². The van der Waals surface area contributed by atoms with Crippen LogP contribution in [0.1, 0.15) is 43.6 Å². The highest BCUT2D eigenvalue weighted by molar-refractivity contribution is 7.14. The molecule has 14 heavy (non-hydrogen) atoms. The molecular weight excluding hydrogens is 216 g/mol. The van der Waals surface area contributed by atoms with Crippen LogP contribution in [-0.2, 0) is 0 Å². The van der Waals surface area contributed by atoms with E-state index in [1.165, 1.54) is 18.4 Å². The van der Waals surface area contributed by atoms with Gasteiger partial charge in [-0.3, -0.25) is 0 Å². The Bertz CT molecular complexity index is 297. The van der Waals surface area contributed by atoms with Crippen LogP contribution in [0.2, 0.25) is 4.34 Å². The molecule has 2 unspecified atom stereocenters. The maximum absolute atomic E-state index is 9.71. The molecule has 0 bridgehead atoms. The Morgan fingerprint density at radius 2 is 2.14 bits per heavy atom. The summed E-state index contributed by atoms with van der Waals surface area (Å²) < 4.78 is 0.907. The van der Waals surface area contributed by atoms with Gasteiger partial charge in [0, 0.05) is 0 Å². The monoisotopic (exact) mass is 230 g/mol. The molecule has 0 radical (unpaired) electrons. The predicted octanol–water partition coefficient (Wildman–Crippen LogP) is 3.81. The lowest BCUT2D eigenvalue weighted by molar-refractivity contribution is 0.152. The molecule has 1 heterocycles. The van der Waals surface area contributed by atoms with Crippen molar-refractivity contribution in [1.82, 2.24) is 0 Å². The predicted molar refractivity (Wildman–Crippen MR) is 61.2 cm³/mol. The second kappa shape index (κ2) is 4.65. The zero-order valence-electron chi connectivity index (χ0n) is 8.08. The van der Waals surface area contributed by atoms with Gasteiger partial charge in [0.15, 0.2) is 0 Å². The van der Waals surface area contributed by atoms with Crippen LogP contribution in [-0.4, -0.2) is 11.2 Å². The largest absolute Gasteiger partial charge is 0.393 e. The van der Waals surface area contributed by atoms with Crippen molar-refractivity contribution in [2.45, 2.75) is 44.1 Å². The molecule has 0 spiro atoms. The smallest absolute Gasteiger partial charge is 0.0963 e. The standard InChI is InChI=1S/C11H15ClOS/c12-11-10(5-6-14-11)8-3-1-2-4-9(13)7-8/h5-6,8-9,13H,1-4,7H2. The highest BCUT2D eigenvalue weighted by Gasteiger charge is 2.21. The third-order valence-corrected chi connectivity index (χ3v) is 4.18. The van der Waals surface area contributed by atoms with Crippen molar-refractivity contribution in [1.29, 1.82) is 0 Å². The topological polar surface area (TPSA) is 20.2 Å². The average Bonchev–Trinajstić information content (AvgIpc) is 2.45. The number of aliphatic hydroxyl groups is 1. The van der Waals surface area contributed by atoms with Crippen LogP contribution in [0.15, 0.2) is 11.4 Å². The van der Waals surface area contributed by atoms with E-state index in [4.69, 9.17) is 11.6 Å². The van der Waals surface area contributed by atoms with Gasteiger partial charge in [-0.15, -0.1) is 11.3 Å². The van der Waals surface area contributed by atoms with E-state index in [1.54, 1.807) is 11.3 Å². The van der Waals surface area contributed by atoms with Crippen molar-refractivity contribution in [2.24, 2.45) is 0 Å². The first-order chi connectivity index (χ1) is 6.77. The van der Waals surface area contributed by atoms with Crippen LogP contribution < -0.4 is 0 Å². The van der Waals surface area contributed by atoms with Crippen molar-refractivity contribution in [3.8, 4) is 0 Å². The minimum Gasteiger partial charge on any atom is -0.393 e. The van der Waals surface area contributed by atoms with Gasteiger partial charge in [-0.1, -0.05) is 24.4 Å². The maximum atomic E-state index is 9.71. The Morgan fingerprint density at radius 3 is 2.86 bits per heavy atom. The van der Waals surface area contributed by atoms with E-state index in [0.717, 1.165) is 23.6 Å². The summed E-state index contributed by atoms with van der Waals surface area (Å²) in [6.45, 7) is 0. The van der Waals surface area contributed by atoms with Crippen LogP contribution in [0.3, 0.4) is 0 Å². The Labute approximate surface area is 93.7 Å². The summed E-state index contributed by atoms with van der Waals surface area (Å²) in [6, 6.07) is 2.11. The van der Waals surface area contributed by atoms with E-state index < -0.39 is 0 Å². The fourth-order valence-electron chi connectivity index (χ4n) is 2.21. The molecule has 1 aliphatic carbocycles. The van der Waals surface area contributed by atoms with Crippen LogP contribution in [0.4, 0.5) is 0 Å². The van der Waals surface area contributed by atoms with E-state index in [-0.39, 0.29) is 6.10 Å². The minimum absolute atomic E-state index is 0.126. The zero-order valence-corrected chi connectivity index (χ0v) is 9.65. The molecule has 1 saturated carbocycles. The number of halogens is 1. The molecule has 1 aliphatic rings. The molecule has 1 nitrogen and oxygen atoms in total. The molecule has 0 saturated heterocycles. The Hall–Kier alpha value is -0.0500. The third kappa shape index (κ3) is 2.30. The normalized spacial score (nSPS) is 28.7. The minimum atomic E-state index is -0.126. The molecule has 0 amide bonds. The summed E-state index contributed by atoms with van der Waals surface area (Å²) in [5, 5.41) is 11.7. The highest BCUT2D eigenvalue weighted by Crippen LogP contribution is 2.37. The lowest BCUT2D eigenvalue weighted by atomic mass is 9.93. The fraction of sp³-hybridized carbons (Fsp3) is 0.636. The highest BCUT2D eigenvalue weighted by atomic mass is 35.5. The van der Waals surface area contributed by atoms with Crippen molar-refractivity contribution in [3.63, 3.8) is 0 Å². The van der Waals surface area contributed by atoms with Gasteiger partial charge in [-0.05, 0) is 42.2 Å². The maximum Gasteiger partial charge on any atom is 0.0963 e. The van der Waals surface area contributed by atoms with Crippen LogP contribution in [0.5, 0.6) is 0 Å². The van der Waals surface area contributed by atoms with Gasteiger partial charge < -0.3 is 5.11 Å². The number of hydrogen-bond acceptors (Lipinski definition) is 2. The molecule has 2 atom stereocenters. The number of thiophene rings is 1. The Kier molecular flexibility index (Phi) is 3.47. The molecule has 0 aromatic carbocycles. The lowest BCUT2D eigenvalue weighted by Gasteiger charge is -2.15. The van der Waals surface area contributed by atoms with Gasteiger partial charge in [-0.25, -0.2) is 0 Å². The summed E-state index contributed by atoms with van der Waals surface area (Å²) in [5.41, 5.74) is 1.25. The SMILES string of the molecule is OC1CCCCC(c2ccsc2Cl)C1. The molecule has 78 valence electrons. The van der Waals surface area contributed by atoms with E-state index in [0.29, 0.717) is 5.92 Å². The van der Waals surface area contributed by atoms with Gasteiger partial charge in [0.1, 0.15) is 0 Å². The number of rotatable bonds is 1. The molecule has 1 fully saturated rings. The van der Waals surface area contributed by atoms with Crippen LogP contribution in [0, 0.1) is 0 Å². The first kappa shape index (κ1) is 10.5. The van der Waals surface area contributed by atoms with E-state index >= 15 is 0 Å². The van der Waals surface area contributed by atoms with Crippen molar-refractivity contribution < 1.29 is 5.11 Å². The first-order valence-corrected chi connectivity index (χ1v) is 6.44. The van der Waals surface area contributed by atoms with Crippen molar-refractivity contribution in [3.05, 3.63) is 21.3 Å². The lowest BCUT2D eigenvalue weighted by Crippen LogP contribution is -2.08. The fourth-order valence-corrected chi connectivity index (χ4v) is 3.29. The van der Waals surface area contributed by atoms with E-state index in [1.807, 2.05) is 5.38 Å². The summed E-state index contributed by atoms with van der Waals surface area (Å²) >= 11 is 7.70. The molecule has 2 rings (SSSR count). The molecular formula is C11H15ClOS. The number of hydrogen-bond donors (Lipinski definition) is 1. The molecule has 1 N–H and O–H groups in total. The van der Waals surface area contributed by atoms with Crippen LogP contribution in [0.25, 0.3) is 0 Å². The quantitative estimate of drug-likeness (QED) is 0.728. The van der Waals surface area contributed by atoms with Gasteiger partial charge in [0.25, 0.3) is 0 Å². The average molecular weight is 231 g/mol. The second-order valence-electron chi connectivity index (χ2n) is 4.02. The molecule has 3 heteroatoms. The van der Waals surface area contributed by atoms with Gasteiger partial charge in [0.2, 0.25) is 0 Å². The summed E-state index contributed by atoms with van der Waals surface area (Å²) in [6.07, 6.45) is 5.26. The Morgan fingerprint density at radius 1 is 1.36 bits per heavy atom. The van der Waals surface area contributed by atoms with E-state index in [9.17, 15) is 5.11 Å². The van der Waals surface area contributed by atoms with E-state index in [2.05, 4.69) is 6.07 Å². The summed E-state index contributed by atoms with van der Waals surface area (Å²) in [5.74, 6) is 0.478. The molecule has 1 aromatic rings. The summed E-state index contributed by atoms with van der Waals surface area (Å²) in [4.78, 5) is 0. The third-order valence-electron chi connectivity index (χ3n) is 2.98. The summed E-state index contributed by atoms with van der Waals surface area (Å²) in [7, 11) is 0. The molecule has 1 aromatic heterocycles. The van der Waals surface area contributed by atoms with Crippen molar-refractivity contribution >= 4 is 22.9 Å². The van der Waals surface area contributed by atoms with Gasteiger partial charge >= 0.3 is 0 Å². The Balaban J connectivity index is 2.13. The van der Waals surface area contributed by atoms with Gasteiger partial charge in [-0.2, -0.15) is 0 Å². The van der Waals surface area contributed by atoms with Crippen LogP contribution >= 0.6 is 22.9 Å². The molecule has 0 aliphatic heterocycles. The van der Waals surface area contributed by atoms with Crippen molar-refractivity contribution in [2.75, 3.05) is 0 Å². The zero-order chi connectivity index (χ0) is 9.97. The first-order valence-electron chi connectivity index (χ1n) is 5.18. The second-order valence-corrected chi connectivity index (χ2v) is 5.54.